The van der Waals surface area contributed by atoms with Crippen molar-refractivity contribution in [3.63, 3.8) is 0 Å². The molecule has 0 fully saturated rings. The number of benzene rings is 1. The van der Waals surface area contributed by atoms with E-state index in [1.54, 1.807) is 0 Å². The Hall–Kier alpha value is -3.47. The lowest BCUT2D eigenvalue weighted by Gasteiger charge is -2.14. The van der Waals surface area contributed by atoms with Crippen molar-refractivity contribution in [1.29, 1.82) is 0 Å². The topological polar surface area (TPSA) is 81.8 Å². The van der Waals surface area contributed by atoms with Gasteiger partial charge in [0, 0.05) is 29.7 Å². The van der Waals surface area contributed by atoms with Crippen LogP contribution >= 0.6 is 11.6 Å². The fraction of sp³-hybridized carbons (Fsp3) is 0.100. The molecule has 12 heteroatoms. The van der Waals surface area contributed by atoms with Gasteiger partial charge in [-0.05, 0) is 36.4 Å². The third-order valence-electron chi connectivity index (χ3n) is 4.10. The van der Waals surface area contributed by atoms with Gasteiger partial charge in [0.25, 0.3) is 0 Å². The van der Waals surface area contributed by atoms with Crippen molar-refractivity contribution in [3.8, 4) is 11.4 Å². The van der Waals surface area contributed by atoms with Gasteiger partial charge < -0.3 is 5.73 Å². The molecule has 0 spiro atoms. The Morgan fingerprint density at radius 2 is 1.59 bits per heavy atom. The quantitative estimate of drug-likeness (QED) is 0.415. The molecule has 166 valence electrons. The number of amides is 1. The smallest absolute Gasteiger partial charge is 0.366 e. The number of hydrogen-bond donors (Lipinski definition) is 1. The molecule has 2 N–H and O–H groups in total. The summed E-state index contributed by atoms with van der Waals surface area (Å²) in [6.45, 7) is 0. The van der Waals surface area contributed by atoms with Gasteiger partial charge in [-0.15, -0.1) is 0 Å². The Morgan fingerprint density at radius 3 is 2.12 bits per heavy atom. The molecule has 0 radical (unpaired) electrons. The third-order valence-corrected chi connectivity index (χ3v) is 4.30. The molecule has 2 heterocycles. The molecular weight excluding hydrogens is 462 g/mol. The van der Waals surface area contributed by atoms with Gasteiger partial charge in [-0.2, -0.15) is 26.3 Å². The van der Waals surface area contributed by atoms with Crippen LogP contribution in [0.25, 0.3) is 23.0 Å². The number of nitrogens with two attached hydrogens (primary N) is 1. The minimum Gasteiger partial charge on any atom is -0.366 e. The molecule has 0 saturated carbocycles. The zero-order chi connectivity index (χ0) is 23.7. The maximum Gasteiger partial charge on any atom is 0.416 e. The number of hydrogen-bond acceptors (Lipinski definition) is 4. The molecule has 5 nitrogen and oxygen atoms in total. The third kappa shape index (κ3) is 5.41. The SMILES string of the molecule is NC(=O)/C(=C/c1ccnc(-c2cc(C(F)(F)F)cc(C(F)(F)F)c2)n1)c1cncc(Cl)c1. The van der Waals surface area contributed by atoms with E-state index in [4.69, 9.17) is 17.3 Å². The van der Waals surface area contributed by atoms with Crippen molar-refractivity contribution < 1.29 is 31.1 Å². The minimum atomic E-state index is -5.02. The average Bonchev–Trinajstić information content (AvgIpc) is 2.70. The van der Waals surface area contributed by atoms with Gasteiger partial charge in [-0.3, -0.25) is 9.78 Å². The summed E-state index contributed by atoms with van der Waals surface area (Å²) in [4.78, 5) is 23.4. The van der Waals surface area contributed by atoms with Gasteiger partial charge in [-0.25, -0.2) is 9.97 Å². The maximum atomic E-state index is 13.1. The van der Waals surface area contributed by atoms with Crippen LogP contribution in [0, 0.1) is 0 Å². The zero-order valence-electron chi connectivity index (χ0n) is 15.7. The van der Waals surface area contributed by atoms with E-state index in [2.05, 4.69) is 15.0 Å². The molecule has 2 aromatic heterocycles. The summed E-state index contributed by atoms with van der Waals surface area (Å²) in [5.41, 5.74) is 2.03. The maximum absolute atomic E-state index is 13.1. The minimum absolute atomic E-state index is 0.00456. The highest BCUT2D eigenvalue weighted by Crippen LogP contribution is 2.38. The van der Waals surface area contributed by atoms with Crippen molar-refractivity contribution >= 4 is 29.2 Å². The lowest BCUT2D eigenvalue weighted by atomic mass is 10.0. The molecule has 3 aromatic rings. The molecule has 3 rings (SSSR count). The van der Waals surface area contributed by atoms with Crippen LogP contribution in [0.4, 0.5) is 26.3 Å². The largest absolute Gasteiger partial charge is 0.416 e. The van der Waals surface area contributed by atoms with Crippen molar-refractivity contribution in [1.82, 2.24) is 15.0 Å². The second-order valence-electron chi connectivity index (χ2n) is 6.41. The number of nitrogens with zero attached hydrogens (tertiary/aromatic N) is 3. The predicted molar refractivity (Wildman–Crippen MR) is 104 cm³/mol. The Balaban J connectivity index is 2.13. The summed E-state index contributed by atoms with van der Waals surface area (Å²) in [6, 6.07) is 3.71. The van der Waals surface area contributed by atoms with E-state index < -0.39 is 40.8 Å². The Kier molecular flexibility index (Phi) is 6.22. The Bertz CT molecular complexity index is 1170. The second kappa shape index (κ2) is 8.58. The van der Waals surface area contributed by atoms with Gasteiger partial charge in [0.05, 0.1) is 27.4 Å². The highest BCUT2D eigenvalue weighted by Gasteiger charge is 2.37. The molecule has 0 aliphatic rings. The number of aromatic nitrogens is 3. The van der Waals surface area contributed by atoms with Crippen molar-refractivity contribution in [2.45, 2.75) is 12.4 Å². The summed E-state index contributed by atoms with van der Waals surface area (Å²) in [7, 11) is 0. The number of rotatable bonds is 4. The molecule has 0 atom stereocenters. The average molecular weight is 473 g/mol. The fourth-order valence-electron chi connectivity index (χ4n) is 2.68. The van der Waals surface area contributed by atoms with Crippen LogP contribution in [0.3, 0.4) is 0 Å². The highest BCUT2D eigenvalue weighted by molar-refractivity contribution is 6.31. The molecular formula is C20H11ClF6N4O. The van der Waals surface area contributed by atoms with E-state index in [9.17, 15) is 31.1 Å². The van der Waals surface area contributed by atoms with Crippen LogP contribution in [0.1, 0.15) is 22.4 Å². The Morgan fingerprint density at radius 1 is 0.969 bits per heavy atom. The predicted octanol–water partition coefficient (Wildman–Crippen LogP) is 5.26. The fourth-order valence-corrected chi connectivity index (χ4v) is 2.85. The van der Waals surface area contributed by atoms with Crippen LogP contribution < -0.4 is 5.73 Å². The van der Waals surface area contributed by atoms with Crippen molar-refractivity contribution in [3.05, 3.63) is 76.3 Å². The van der Waals surface area contributed by atoms with Crippen LogP contribution in [-0.4, -0.2) is 20.9 Å². The molecule has 0 saturated heterocycles. The first-order chi connectivity index (χ1) is 14.8. The zero-order valence-corrected chi connectivity index (χ0v) is 16.4. The second-order valence-corrected chi connectivity index (χ2v) is 6.85. The lowest BCUT2D eigenvalue weighted by Crippen LogP contribution is -2.13. The molecule has 0 unspecified atom stereocenters. The van der Waals surface area contributed by atoms with Crippen LogP contribution in [-0.2, 0) is 17.1 Å². The first-order valence-electron chi connectivity index (χ1n) is 8.60. The number of alkyl halides is 6. The summed E-state index contributed by atoms with van der Waals surface area (Å²) < 4.78 is 78.8. The van der Waals surface area contributed by atoms with E-state index in [0.717, 1.165) is 6.20 Å². The summed E-state index contributed by atoms with van der Waals surface area (Å²) in [5, 5.41) is 0.210. The Labute approximate surface area is 181 Å². The number of primary amides is 1. The standard InChI is InChI=1S/C20H11ClF6N4O/c21-14-5-11(8-29-9-14)16(17(28)32)7-15-1-2-30-18(31-15)10-3-12(19(22,23)24)6-13(4-10)20(25,26)27/h1-9H,(H2,28,32)/b16-7+. The molecule has 0 aliphatic carbocycles. The number of halogens is 7. The molecule has 0 bridgehead atoms. The normalized spacial score (nSPS) is 12.7. The van der Waals surface area contributed by atoms with Crippen LogP contribution in [0.2, 0.25) is 5.02 Å². The molecule has 0 aliphatic heterocycles. The van der Waals surface area contributed by atoms with Gasteiger partial charge in [0.1, 0.15) is 0 Å². The van der Waals surface area contributed by atoms with Crippen LogP contribution in [0.15, 0.2) is 48.9 Å². The summed E-state index contributed by atoms with van der Waals surface area (Å²) >= 11 is 5.85. The van der Waals surface area contributed by atoms with Gasteiger partial charge in [0.15, 0.2) is 5.82 Å². The van der Waals surface area contributed by atoms with Gasteiger partial charge in [-0.1, -0.05) is 11.6 Å². The summed E-state index contributed by atoms with van der Waals surface area (Å²) in [6.07, 6.45) is -5.11. The first-order valence-corrected chi connectivity index (χ1v) is 8.98. The molecule has 32 heavy (non-hydrogen) atoms. The van der Waals surface area contributed by atoms with E-state index in [0.29, 0.717) is 12.1 Å². The summed E-state index contributed by atoms with van der Waals surface area (Å²) in [5.74, 6) is -1.30. The lowest BCUT2D eigenvalue weighted by molar-refractivity contribution is -0.143. The monoisotopic (exact) mass is 472 g/mol. The van der Waals surface area contributed by atoms with Crippen molar-refractivity contribution in [2.24, 2.45) is 5.73 Å². The number of carbonyl (C=O) groups excluding carboxylic acids is 1. The van der Waals surface area contributed by atoms with Gasteiger partial charge >= 0.3 is 12.4 Å². The molecule has 1 amide bonds. The van der Waals surface area contributed by atoms with E-state index in [1.165, 1.54) is 30.6 Å². The van der Waals surface area contributed by atoms with E-state index in [1.807, 2.05) is 0 Å². The van der Waals surface area contributed by atoms with E-state index in [-0.39, 0.29) is 27.9 Å². The van der Waals surface area contributed by atoms with Crippen molar-refractivity contribution in [2.75, 3.05) is 0 Å². The first kappa shape index (κ1) is 23.2. The van der Waals surface area contributed by atoms with E-state index >= 15 is 0 Å². The van der Waals surface area contributed by atoms with Gasteiger partial charge in [0.2, 0.25) is 5.91 Å². The number of pyridine rings is 1. The number of carbonyl (C=O) groups is 1. The highest BCUT2D eigenvalue weighted by atomic mass is 35.5. The van der Waals surface area contributed by atoms with Crippen LogP contribution in [0.5, 0.6) is 0 Å². The molecule has 1 aromatic carbocycles.